The minimum absolute atomic E-state index is 0.0816. The zero-order chi connectivity index (χ0) is 12.4. The third-order valence-corrected chi connectivity index (χ3v) is 2.72. The van der Waals surface area contributed by atoms with Crippen molar-refractivity contribution in [1.29, 1.82) is 0 Å². The molecular formula is C12H7Cl2NO2. The molecule has 0 amide bonds. The minimum atomic E-state index is -0.462. The van der Waals surface area contributed by atoms with Gasteiger partial charge in [-0.1, -0.05) is 23.2 Å². The zero-order valence-electron chi connectivity index (χ0n) is 8.52. The lowest BCUT2D eigenvalue weighted by Gasteiger charge is -2.05. The second-order valence-corrected chi connectivity index (χ2v) is 4.17. The van der Waals surface area contributed by atoms with Gasteiger partial charge in [0, 0.05) is 11.2 Å². The number of phenolic OH excluding ortho intramolecular Hbond substituents is 1. The zero-order valence-corrected chi connectivity index (χ0v) is 10.0. The van der Waals surface area contributed by atoms with Crippen LogP contribution in [0.1, 0.15) is 16.1 Å². The van der Waals surface area contributed by atoms with Gasteiger partial charge < -0.3 is 5.11 Å². The molecule has 0 aliphatic heterocycles. The molecule has 0 fully saturated rings. The third kappa shape index (κ3) is 2.40. The summed E-state index contributed by atoms with van der Waals surface area (Å²) in [6.07, 6.45) is 1.46. The third-order valence-electron chi connectivity index (χ3n) is 2.18. The molecule has 0 radical (unpaired) electrons. The van der Waals surface area contributed by atoms with Crippen molar-refractivity contribution in [2.45, 2.75) is 0 Å². The van der Waals surface area contributed by atoms with Crippen molar-refractivity contribution in [3.63, 3.8) is 0 Å². The number of carbonyl (C=O) groups is 1. The molecule has 0 aliphatic carbocycles. The van der Waals surface area contributed by atoms with Gasteiger partial charge in [0.1, 0.15) is 11.4 Å². The molecule has 86 valence electrons. The van der Waals surface area contributed by atoms with Crippen LogP contribution in [0.3, 0.4) is 0 Å². The number of aromatic hydroxyl groups is 1. The number of benzene rings is 1. The van der Waals surface area contributed by atoms with E-state index in [0.29, 0.717) is 5.02 Å². The van der Waals surface area contributed by atoms with Crippen LogP contribution in [-0.4, -0.2) is 15.9 Å². The number of halogens is 2. The molecule has 0 spiro atoms. The molecule has 2 aromatic rings. The van der Waals surface area contributed by atoms with Gasteiger partial charge >= 0.3 is 0 Å². The fourth-order valence-electron chi connectivity index (χ4n) is 1.37. The predicted octanol–water partition coefficient (Wildman–Crippen LogP) is 3.33. The molecule has 0 saturated heterocycles. The molecule has 1 heterocycles. The fourth-order valence-corrected chi connectivity index (χ4v) is 1.75. The first kappa shape index (κ1) is 11.9. The lowest BCUT2D eigenvalue weighted by Crippen LogP contribution is -2.05. The summed E-state index contributed by atoms with van der Waals surface area (Å²) in [5.74, 6) is -0.614. The molecule has 0 unspecified atom stereocenters. The summed E-state index contributed by atoms with van der Waals surface area (Å²) in [5, 5.41) is 10.2. The average molecular weight is 268 g/mol. The van der Waals surface area contributed by atoms with E-state index < -0.39 is 5.78 Å². The van der Waals surface area contributed by atoms with Crippen LogP contribution >= 0.6 is 23.2 Å². The van der Waals surface area contributed by atoms with E-state index in [0.717, 1.165) is 0 Å². The number of aromatic nitrogens is 1. The van der Waals surface area contributed by atoms with Gasteiger partial charge in [0.15, 0.2) is 0 Å². The summed E-state index contributed by atoms with van der Waals surface area (Å²) in [4.78, 5) is 16.0. The highest BCUT2D eigenvalue weighted by molar-refractivity contribution is 6.35. The van der Waals surface area contributed by atoms with Gasteiger partial charge in [-0.15, -0.1) is 0 Å². The van der Waals surface area contributed by atoms with Crippen LogP contribution in [0.25, 0.3) is 0 Å². The Kier molecular flexibility index (Phi) is 3.31. The first-order valence-electron chi connectivity index (χ1n) is 4.73. The number of hydrogen-bond acceptors (Lipinski definition) is 3. The van der Waals surface area contributed by atoms with Crippen molar-refractivity contribution < 1.29 is 9.90 Å². The maximum Gasteiger partial charge on any atom is 0.216 e. The molecule has 1 N–H and O–H groups in total. The van der Waals surface area contributed by atoms with Crippen LogP contribution < -0.4 is 0 Å². The standard InChI is InChI=1S/C12H7Cl2NO2/c13-7-3-4-10(16)8(6-7)12(17)11-9(14)2-1-5-15-11/h1-6,16H. The van der Waals surface area contributed by atoms with Gasteiger partial charge in [0.25, 0.3) is 0 Å². The smallest absolute Gasteiger partial charge is 0.216 e. The molecule has 0 bridgehead atoms. The van der Waals surface area contributed by atoms with E-state index in [1.54, 1.807) is 12.1 Å². The molecule has 17 heavy (non-hydrogen) atoms. The van der Waals surface area contributed by atoms with Gasteiger partial charge in [-0.2, -0.15) is 0 Å². The first-order chi connectivity index (χ1) is 8.09. The molecule has 1 aromatic carbocycles. The van der Waals surface area contributed by atoms with Gasteiger partial charge in [-0.3, -0.25) is 9.78 Å². The predicted molar refractivity (Wildman–Crippen MR) is 65.8 cm³/mol. The quantitative estimate of drug-likeness (QED) is 0.850. The molecule has 1 aromatic heterocycles. The average Bonchev–Trinajstić information content (AvgIpc) is 2.32. The number of phenols is 1. The monoisotopic (exact) mass is 267 g/mol. The molecule has 0 atom stereocenters. The summed E-state index contributed by atoms with van der Waals surface area (Å²) >= 11 is 11.6. The Morgan fingerprint density at radius 1 is 1.24 bits per heavy atom. The van der Waals surface area contributed by atoms with Crippen LogP contribution in [-0.2, 0) is 0 Å². The van der Waals surface area contributed by atoms with Crippen LogP contribution in [0, 0.1) is 0 Å². The number of hydrogen-bond donors (Lipinski definition) is 1. The molecule has 2 rings (SSSR count). The highest BCUT2D eigenvalue weighted by Crippen LogP contribution is 2.25. The van der Waals surface area contributed by atoms with Crippen molar-refractivity contribution in [3.05, 3.63) is 57.8 Å². The minimum Gasteiger partial charge on any atom is -0.507 e. The lowest BCUT2D eigenvalue weighted by molar-refractivity contribution is 0.103. The highest BCUT2D eigenvalue weighted by atomic mass is 35.5. The van der Waals surface area contributed by atoms with Crippen molar-refractivity contribution in [1.82, 2.24) is 4.98 Å². The maximum absolute atomic E-state index is 12.1. The van der Waals surface area contributed by atoms with Gasteiger partial charge in [-0.25, -0.2) is 0 Å². The Morgan fingerprint density at radius 3 is 2.71 bits per heavy atom. The van der Waals surface area contributed by atoms with Crippen molar-refractivity contribution in [3.8, 4) is 5.75 Å². The van der Waals surface area contributed by atoms with Crippen molar-refractivity contribution in [2.75, 3.05) is 0 Å². The topological polar surface area (TPSA) is 50.2 Å². The number of rotatable bonds is 2. The van der Waals surface area contributed by atoms with Crippen LogP contribution in [0.4, 0.5) is 0 Å². The summed E-state index contributed by atoms with van der Waals surface area (Å²) in [6, 6.07) is 7.41. The van der Waals surface area contributed by atoms with Crippen LogP contribution in [0.15, 0.2) is 36.5 Å². The lowest BCUT2D eigenvalue weighted by atomic mass is 10.1. The summed E-state index contributed by atoms with van der Waals surface area (Å²) in [7, 11) is 0. The second-order valence-electron chi connectivity index (χ2n) is 3.32. The van der Waals surface area contributed by atoms with Crippen LogP contribution in [0.5, 0.6) is 5.75 Å². The van der Waals surface area contributed by atoms with E-state index in [2.05, 4.69) is 4.98 Å². The fraction of sp³-hybridized carbons (Fsp3) is 0. The normalized spacial score (nSPS) is 10.2. The van der Waals surface area contributed by atoms with Crippen molar-refractivity contribution >= 4 is 29.0 Å². The van der Waals surface area contributed by atoms with E-state index in [-0.39, 0.29) is 22.0 Å². The highest BCUT2D eigenvalue weighted by Gasteiger charge is 2.17. The van der Waals surface area contributed by atoms with Gasteiger partial charge in [0.05, 0.1) is 10.6 Å². The number of nitrogens with zero attached hydrogens (tertiary/aromatic N) is 1. The van der Waals surface area contributed by atoms with E-state index in [1.165, 1.54) is 24.4 Å². The number of pyridine rings is 1. The van der Waals surface area contributed by atoms with E-state index in [1.807, 2.05) is 0 Å². The SMILES string of the molecule is O=C(c1cc(Cl)ccc1O)c1ncccc1Cl. The summed E-state index contributed by atoms with van der Waals surface area (Å²) < 4.78 is 0. The molecule has 0 saturated carbocycles. The Bertz CT molecular complexity index is 584. The largest absolute Gasteiger partial charge is 0.507 e. The number of ketones is 1. The van der Waals surface area contributed by atoms with Crippen molar-refractivity contribution in [2.24, 2.45) is 0 Å². The first-order valence-corrected chi connectivity index (χ1v) is 5.49. The molecule has 3 nitrogen and oxygen atoms in total. The Labute approximate surface area is 108 Å². The Balaban J connectivity index is 2.51. The van der Waals surface area contributed by atoms with E-state index >= 15 is 0 Å². The van der Waals surface area contributed by atoms with Gasteiger partial charge in [-0.05, 0) is 30.3 Å². The molecular weight excluding hydrogens is 261 g/mol. The van der Waals surface area contributed by atoms with Gasteiger partial charge in [0.2, 0.25) is 5.78 Å². The Hall–Kier alpha value is -1.58. The van der Waals surface area contributed by atoms with Crippen LogP contribution in [0.2, 0.25) is 10.0 Å². The maximum atomic E-state index is 12.1. The van der Waals surface area contributed by atoms with E-state index in [4.69, 9.17) is 23.2 Å². The summed E-state index contributed by atoms with van der Waals surface area (Å²) in [6.45, 7) is 0. The number of carbonyl (C=O) groups excluding carboxylic acids is 1. The molecule has 0 aliphatic rings. The second kappa shape index (κ2) is 4.73. The Morgan fingerprint density at radius 2 is 2.00 bits per heavy atom. The van der Waals surface area contributed by atoms with E-state index in [9.17, 15) is 9.90 Å². The summed E-state index contributed by atoms with van der Waals surface area (Å²) in [5.41, 5.74) is 0.171. The molecule has 5 heteroatoms.